The number of rotatable bonds is 3. The van der Waals surface area contributed by atoms with E-state index in [0.717, 1.165) is 29.4 Å². The summed E-state index contributed by atoms with van der Waals surface area (Å²) in [6.45, 7) is 6.90. The van der Waals surface area contributed by atoms with E-state index in [1.807, 2.05) is 18.7 Å². The van der Waals surface area contributed by atoms with Gasteiger partial charge in [-0.25, -0.2) is 4.68 Å². The summed E-state index contributed by atoms with van der Waals surface area (Å²) in [5, 5.41) is 4.45. The summed E-state index contributed by atoms with van der Waals surface area (Å²) in [6.07, 6.45) is 0. The van der Waals surface area contributed by atoms with E-state index in [0.29, 0.717) is 0 Å². The fourth-order valence-corrected chi connectivity index (χ4v) is 2.12. The fraction of sp³-hybridized carbons (Fsp3) is 0.357. The molecule has 1 aromatic heterocycles. The van der Waals surface area contributed by atoms with Gasteiger partial charge in [-0.3, -0.25) is 0 Å². The zero-order chi connectivity index (χ0) is 13.3. The molecule has 4 heteroatoms. The number of nitrogens with two attached hydrogens (primary N) is 1. The summed E-state index contributed by atoms with van der Waals surface area (Å²) in [4.78, 5) is 2.09. The molecule has 0 aliphatic carbocycles. The van der Waals surface area contributed by atoms with Gasteiger partial charge in [-0.15, -0.1) is 0 Å². The molecule has 0 saturated carbocycles. The highest BCUT2D eigenvalue weighted by Crippen LogP contribution is 2.31. The van der Waals surface area contributed by atoms with Crippen molar-refractivity contribution < 1.29 is 0 Å². The van der Waals surface area contributed by atoms with Crippen LogP contribution in [-0.4, -0.2) is 16.8 Å². The van der Waals surface area contributed by atoms with Crippen molar-refractivity contribution in [3.05, 3.63) is 35.5 Å². The van der Waals surface area contributed by atoms with Crippen LogP contribution in [0.2, 0.25) is 0 Å². The van der Waals surface area contributed by atoms with E-state index in [1.54, 1.807) is 0 Å². The Labute approximate surface area is 108 Å². The number of hydrogen-bond donors (Lipinski definition) is 1. The van der Waals surface area contributed by atoms with Crippen molar-refractivity contribution in [3.8, 4) is 0 Å². The zero-order valence-electron chi connectivity index (χ0n) is 11.4. The molecule has 0 saturated heterocycles. The van der Waals surface area contributed by atoms with E-state index in [9.17, 15) is 0 Å². The summed E-state index contributed by atoms with van der Waals surface area (Å²) < 4.78 is 1.94. The van der Waals surface area contributed by atoms with Crippen molar-refractivity contribution in [3.63, 3.8) is 0 Å². The monoisotopic (exact) mass is 244 g/mol. The van der Waals surface area contributed by atoms with Crippen LogP contribution < -0.4 is 10.6 Å². The van der Waals surface area contributed by atoms with E-state index in [4.69, 9.17) is 5.73 Å². The van der Waals surface area contributed by atoms with Crippen LogP contribution in [0.4, 0.5) is 17.2 Å². The standard InChI is InChI=1S/C14H20N4/c1-5-18-14(13(15)11(3)16-18)17(4)12-8-6-7-10(2)9-12/h6-9H,5,15H2,1-4H3. The Kier molecular flexibility index (Phi) is 3.28. The smallest absolute Gasteiger partial charge is 0.154 e. The molecule has 18 heavy (non-hydrogen) atoms. The third kappa shape index (κ3) is 2.06. The van der Waals surface area contributed by atoms with Gasteiger partial charge in [0, 0.05) is 19.3 Å². The summed E-state index contributed by atoms with van der Waals surface area (Å²) in [6, 6.07) is 8.36. The first kappa shape index (κ1) is 12.5. The van der Waals surface area contributed by atoms with Gasteiger partial charge in [-0.05, 0) is 38.5 Å². The molecule has 1 aromatic carbocycles. The topological polar surface area (TPSA) is 47.1 Å². The molecule has 0 amide bonds. The Bertz CT molecular complexity index is 557. The van der Waals surface area contributed by atoms with Crippen LogP contribution >= 0.6 is 0 Å². The number of benzene rings is 1. The number of aromatic nitrogens is 2. The molecule has 0 fully saturated rings. The number of nitrogens with zero attached hydrogens (tertiary/aromatic N) is 3. The molecule has 2 rings (SSSR count). The second kappa shape index (κ2) is 4.72. The highest BCUT2D eigenvalue weighted by Gasteiger charge is 2.16. The zero-order valence-corrected chi connectivity index (χ0v) is 11.4. The number of nitrogen functional groups attached to an aromatic ring is 1. The minimum Gasteiger partial charge on any atom is -0.394 e. The molecule has 2 aromatic rings. The van der Waals surface area contributed by atoms with Crippen molar-refractivity contribution in [2.45, 2.75) is 27.3 Å². The van der Waals surface area contributed by atoms with Gasteiger partial charge < -0.3 is 10.6 Å². The maximum atomic E-state index is 6.13. The quantitative estimate of drug-likeness (QED) is 0.903. The summed E-state index contributed by atoms with van der Waals surface area (Å²) in [5.41, 5.74) is 10.1. The lowest BCUT2D eigenvalue weighted by Gasteiger charge is -2.21. The second-order valence-electron chi connectivity index (χ2n) is 4.54. The van der Waals surface area contributed by atoms with Crippen molar-refractivity contribution in [1.29, 1.82) is 0 Å². The van der Waals surface area contributed by atoms with E-state index < -0.39 is 0 Å². The first-order valence-corrected chi connectivity index (χ1v) is 6.18. The molecule has 0 bridgehead atoms. The Hall–Kier alpha value is -1.97. The lowest BCUT2D eigenvalue weighted by molar-refractivity contribution is 0.652. The molecule has 0 radical (unpaired) electrons. The summed E-state index contributed by atoms with van der Waals surface area (Å²) >= 11 is 0. The molecule has 4 nitrogen and oxygen atoms in total. The molecular formula is C14H20N4. The largest absolute Gasteiger partial charge is 0.394 e. The highest BCUT2D eigenvalue weighted by molar-refractivity contribution is 5.73. The number of anilines is 3. The van der Waals surface area contributed by atoms with E-state index in [1.165, 1.54) is 5.56 Å². The van der Waals surface area contributed by atoms with Crippen molar-refractivity contribution in [2.75, 3.05) is 17.7 Å². The predicted molar refractivity (Wildman–Crippen MR) is 76.3 cm³/mol. The third-order valence-electron chi connectivity index (χ3n) is 3.15. The fourth-order valence-electron chi connectivity index (χ4n) is 2.12. The van der Waals surface area contributed by atoms with Gasteiger partial charge in [0.1, 0.15) is 0 Å². The summed E-state index contributed by atoms with van der Waals surface area (Å²) in [5.74, 6) is 0.959. The van der Waals surface area contributed by atoms with Crippen LogP contribution in [0.5, 0.6) is 0 Å². The molecule has 0 aliphatic rings. The third-order valence-corrected chi connectivity index (χ3v) is 3.15. The average molecular weight is 244 g/mol. The first-order valence-electron chi connectivity index (χ1n) is 6.18. The van der Waals surface area contributed by atoms with Gasteiger partial charge in [0.05, 0.1) is 11.4 Å². The molecule has 2 N–H and O–H groups in total. The Morgan fingerprint density at radius 1 is 1.33 bits per heavy atom. The highest BCUT2D eigenvalue weighted by atomic mass is 15.4. The Morgan fingerprint density at radius 3 is 2.67 bits per heavy atom. The van der Waals surface area contributed by atoms with Crippen molar-refractivity contribution in [2.24, 2.45) is 0 Å². The normalized spacial score (nSPS) is 10.7. The average Bonchev–Trinajstić information content (AvgIpc) is 2.64. The summed E-state index contributed by atoms with van der Waals surface area (Å²) in [7, 11) is 2.02. The maximum absolute atomic E-state index is 6.13. The maximum Gasteiger partial charge on any atom is 0.154 e. The van der Waals surface area contributed by atoms with Crippen LogP contribution in [0.25, 0.3) is 0 Å². The number of aryl methyl sites for hydroxylation is 3. The van der Waals surface area contributed by atoms with E-state index in [2.05, 4.69) is 48.1 Å². The SMILES string of the molecule is CCn1nc(C)c(N)c1N(C)c1cccc(C)c1. The first-order chi connectivity index (χ1) is 8.54. The second-order valence-corrected chi connectivity index (χ2v) is 4.54. The van der Waals surface area contributed by atoms with Gasteiger partial charge >= 0.3 is 0 Å². The van der Waals surface area contributed by atoms with Crippen LogP contribution in [0.3, 0.4) is 0 Å². The van der Waals surface area contributed by atoms with Gasteiger partial charge in [0.25, 0.3) is 0 Å². The van der Waals surface area contributed by atoms with Gasteiger partial charge in [-0.1, -0.05) is 12.1 Å². The van der Waals surface area contributed by atoms with Gasteiger partial charge in [0.15, 0.2) is 5.82 Å². The van der Waals surface area contributed by atoms with Crippen LogP contribution in [-0.2, 0) is 6.54 Å². The molecule has 96 valence electrons. The number of hydrogen-bond acceptors (Lipinski definition) is 3. The molecule has 0 spiro atoms. The predicted octanol–water partition coefficient (Wildman–Crippen LogP) is 2.87. The van der Waals surface area contributed by atoms with Crippen LogP contribution in [0, 0.1) is 13.8 Å². The lowest BCUT2D eigenvalue weighted by atomic mass is 10.2. The minimum absolute atomic E-state index is 0.751. The molecule has 0 atom stereocenters. The molecule has 0 aliphatic heterocycles. The van der Waals surface area contributed by atoms with Crippen LogP contribution in [0.15, 0.2) is 24.3 Å². The molecular weight excluding hydrogens is 224 g/mol. The van der Waals surface area contributed by atoms with Gasteiger partial charge in [-0.2, -0.15) is 5.10 Å². The Morgan fingerprint density at radius 2 is 2.06 bits per heavy atom. The van der Waals surface area contributed by atoms with Crippen LogP contribution in [0.1, 0.15) is 18.2 Å². The molecule has 1 heterocycles. The minimum atomic E-state index is 0.751. The van der Waals surface area contributed by atoms with Gasteiger partial charge in [0.2, 0.25) is 0 Å². The Balaban J connectivity index is 2.48. The van der Waals surface area contributed by atoms with E-state index in [-0.39, 0.29) is 0 Å². The van der Waals surface area contributed by atoms with E-state index >= 15 is 0 Å². The molecule has 0 unspecified atom stereocenters. The van der Waals surface area contributed by atoms with Crippen molar-refractivity contribution >= 4 is 17.2 Å². The van der Waals surface area contributed by atoms with Crippen molar-refractivity contribution in [1.82, 2.24) is 9.78 Å². The lowest BCUT2D eigenvalue weighted by Crippen LogP contribution is -2.16.